The van der Waals surface area contributed by atoms with Crippen LogP contribution >= 0.6 is 0 Å². The molecule has 2 aromatic heterocycles. The van der Waals surface area contributed by atoms with Crippen LogP contribution in [-0.2, 0) is 5.41 Å². The molecule has 2 heteroatoms. The number of allylic oxidation sites excluding steroid dienone is 4. The zero-order valence-corrected chi connectivity index (χ0v) is 31.2. The lowest BCUT2D eigenvalue weighted by Gasteiger charge is -2.30. The largest absolute Gasteiger partial charge is 0.333 e. The number of aromatic nitrogens is 2. The van der Waals surface area contributed by atoms with Crippen molar-refractivity contribution >= 4 is 49.2 Å². The van der Waals surface area contributed by atoms with E-state index in [1.54, 1.807) is 0 Å². The molecule has 10 aromatic rings. The molecule has 0 saturated carbocycles. The van der Waals surface area contributed by atoms with Crippen LogP contribution in [0.3, 0.4) is 0 Å². The smallest absolute Gasteiger partial charge is 0.0725 e. The Kier molecular flexibility index (Phi) is 6.24. The molecule has 0 N–H and O–H groups in total. The summed E-state index contributed by atoms with van der Waals surface area (Å²) >= 11 is 0. The van der Waals surface area contributed by atoms with Crippen LogP contribution in [0.2, 0.25) is 0 Å². The highest BCUT2D eigenvalue weighted by Gasteiger charge is 2.51. The van der Waals surface area contributed by atoms with Crippen molar-refractivity contribution in [2.24, 2.45) is 0 Å². The number of hydrogen-bond acceptors (Lipinski definition) is 0. The van der Waals surface area contributed by atoms with Crippen molar-refractivity contribution < 1.29 is 0 Å². The van der Waals surface area contributed by atoms with Crippen molar-refractivity contribution in [1.82, 2.24) is 9.13 Å². The topological polar surface area (TPSA) is 9.86 Å². The Morgan fingerprint density at radius 1 is 0.421 bits per heavy atom. The second-order valence-corrected chi connectivity index (χ2v) is 15.9. The van der Waals surface area contributed by atoms with Gasteiger partial charge in [-0.05, 0) is 111 Å². The van der Waals surface area contributed by atoms with Gasteiger partial charge in [0.15, 0.2) is 0 Å². The van der Waals surface area contributed by atoms with E-state index in [4.69, 9.17) is 0 Å². The number of fused-ring (bicyclic) bond motifs is 16. The summed E-state index contributed by atoms with van der Waals surface area (Å²) in [6, 6.07) is 68.1. The molecule has 3 aliphatic carbocycles. The maximum Gasteiger partial charge on any atom is 0.0725 e. The Labute approximate surface area is 330 Å². The Morgan fingerprint density at radius 3 is 1.67 bits per heavy atom. The standard InChI is InChI=1S/C55H36N2/c1-2-14-37(15-3-1)56-51-24-12-7-19-42(51)45-32-36(28-31-53(45)56)35-26-29-38(30-27-35)57-52-25-13-8-20-43(52)46-33-50-44(34-54(46)57)41-18-6-11-23-49(41)55(50)47-21-9-4-16-39(47)40-17-5-10-22-48(40)55/h1-29,31-34,38H,30H2. The fourth-order valence-electron chi connectivity index (χ4n) is 11.0. The highest BCUT2D eigenvalue weighted by molar-refractivity contribution is 6.12. The van der Waals surface area contributed by atoms with E-state index in [1.807, 2.05) is 0 Å². The molecule has 1 spiro atoms. The average molecular weight is 725 g/mol. The van der Waals surface area contributed by atoms with Crippen molar-refractivity contribution in [3.63, 3.8) is 0 Å². The van der Waals surface area contributed by atoms with Gasteiger partial charge in [-0.2, -0.15) is 0 Å². The number of hydrogen-bond donors (Lipinski definition) is 0. The number of rotatable bonds is 3. The minimum atomic E-state index is -0.354. The highest BCUT2D eigenvalue weighted by Crippen LogP contribution is 2.63. The van der Waals surface area contributed by atoms with Crippen LogP contribution in [0.5, 0.6) is 0 Å². The average Bonchev–Trinajstić information content (AvgIpc) is 3.98. The second-order valence-electron chi connectivity index (χ2n) is 15.9. The number of para-hydroxylation sites is 3. The van der Waals surface area contributed by atoms with E-state index in [0.29, 0.717) is 0 Å². The summed E-state index contributed by atoms with van der Waals surface area (Å²) in [5, 5.41) is 5.19. The third-order valence-corrected chi connectivity index (χ3v) is 13.3. The minimum Gasteiger partial charge on any atom is -0.333 e. The van der Waals surface area contributed by atoms with Gasteiger partial charge in [0.2, 0.25) is 0 Å². The monoisotopic (exact) mass is 724 g/mol. The molecule has 0 fully saturated rings. The summed E-state index contributed by atoms with van der Waals surface area (Å²) in [6.45, 7) is 0. The van der Waals surface area contributed by atoms with Crippen molar-refractivity contribution in [3.05, 3.63) is 228 Å². The van der Waals surface area contributed by atoms with Crippen LogP contribution < -0.4 is 0 Å². The summed E-state index contributed by atoms with van der Waals surface area (Å²) in [6.07, 6.45) is 8.16. The first-order valence-electron chi connectivity index (χ1n) is 20.1. The third kappa shape index (κ3) is 4.04. The fourth-order valence-corrected chi connectivity index (χ4v) is 11.0. The summed E-state index contributed by atoms with van der Waals surface area (Å²) in [4.78, 5) is 0. The van der Waals surface area contributed by atoms with E-state index in [2.05, 4.69) is 209 Å². The van der Waals surface area contributed by atoms with E-state index in [1.165, 1.54) is 105 Å². The molecule has 2 nitrogen and oxygen atoms in total. The summed E-state index contributed by atoms with van der Waals surface area (Å²) in [7, 11) is 0. The van der Waals surface area contributed by atoms with Gasteiger partial charge in [0, 0.05) is 32.7 Å². The first kappa shape index (κ1) is 31.1. The molecule has 266 valence electrons. The van der Waals surface area contributed by atoms with Crippen molar-refractivity contribution in [2.45, 2.75) is 17.9 Å². The predicted octanol–water partition coefficient (Wildman–Crippen LogP) is 13.8. The van der Waals surface area contributed by atoms with Gasteiger partial charge in [0.25, 0.3) is 0 Å². The lowest BCUT2D eigenvalue weighted by molar-refractivity contribution is 0.649. The lowest BCUT2D eigenvalue weighted by atomic mass is 9.70. The summed E-state index contributed by atoms with van der Waals surface area (Å²) in [5.41, 5.74) is 19.3. The summed E-state index contributed by atoms with van der Waals surface area (Å²) < 4.78 is 4.99. The summed E-state index contributed by atoms with van der Waals surface area (Å²) in [5.74, 6) is 0. The Morgan fingerprint density at radius 2 is 0.982 bits per heavy atom. The zero-order valence-electron chi connectivity index (χ0n) is 31.2. The minimum absolute atomic E-state index is 0.191. The maximum atomic E-state index is 2.61. The van der Waals surface area contributed by atoms with Crippen LogP contribution in [-0.4, -0.2) is 9.13 Å². The fraction of sp³-hybridized carbons (Fsp3) is 0.0545. The van der Waals surface area contributed by atoms with Crippen LogP contribution in [0.25, 0.3) is 77.1 Å². The van der Waals surface area contributed by atoms with Gasteiger partial charge in [0.1, 0.15) is 0 Å². The van der Waals surface area contributed by atoms with Gasteiger partial charge in [-0.25, -0.2) is 0 Å². The van der Waals surface area contributed by atoms with Gasteiger partial charge in [-0.3, -0.25) is 0 Å². The molecule has 0 saturated heterocycles. The molecule has 2 heterocycles. The molecule has 0 amide bonds. The quantitative estimate of drug-likeness (QED) is 0.172. The molecule has 1 atom stereocenters. The van der Waals surface area contributed by atoms with Crippen LogP contribution in [0.4, 0.5) is 0 Å². The Balaban J connectivity index is 0.958. The molecular formula is C55H36N2. The Bertz CT molecular complexity index is 3340. The van der Waals surface area contributed by atoms with Gasteiger partial charge < -0.3 is 9.13 Å². The molecule has 0 radical (unpaired) electrons. The molecule has 1 unspecified atom stereocenters. The first-order valence-corrected chi connectivity index (χ1v) is 20.1. The van der Waals surface area contributed by atoms with Gasteiger partial charge in [-0.15, -0.1) is 0 Å². The molecule has 8 aromatic carbocycles. The van der Waals surface area contributed by atoms with E-state index < -0.39 is 0 Å². The highest BCUT2D eigenvalue weighted by atomic mass is 15.0. The lowest BCUT2D eigenvalue weighted by Crippen LogP contribution is -2.25. The predicted molar refractivity (Wildman–Crippen MR) is 237 cm³/mol. The normalized spacial score (nSPS) is 16.0. The van der Waals surface area contributed by atoms with Gasteiger partial charge >= 0.3 is 0 Å². The molecule has 0 aliphatic heterocycles. The van der Waals surface area contributed by atoms with Crippen molar-refractivity contribution in [3.8, 4) is 27.9 Å². The van der Waals surface area contributed by atoms with E-state index in [0.717, 1.165) is 6.42 Å². The number of nitrogens with zero attached hydrogens (tertiary/aromatic N) is 2. The molecular weight excluding hydrogens is 689 g/mol. The molecule has 3 aliphatic rings. The van der Waals surface area contributed by atoms with E-state index in [-0.39, 0.29) is 11.5 Å². The van der Waals surface area contributed by atoms with E-state index in [9.17, 15) is 0 Å². The van der Waals surface area contributed by atoms with Crippen LogP contribution in [0, 0.1) is 0 Å². The van der Waals surface area contributed by atoms with Crippen molar-refractivity contribution in [2.75, 3.05) is 0 Å². The van der Waals surface area contributed by atoms with E-state index >= 15 is 0 Å². The Hall–Kier alpha value is -7.16. The molecule has 57 heavy (non-hydrogen) atoms. The second kappa shape index (κ2) is 11.4. The SMILES string of the molecule is C1=CC(n2c3ccccc3c3cc4c(cc32)-c2ccccc2C42c3ccccc3-c3ccccc32)CC=C1c1ccc2c(c1)c1ccccc1n2-c1ccccc1. The number of benzene rings is 8. The van der Waals surface area contributed by atoms with Gasteiger partial charge in [0.05, 0.1) is 28.0 Å². The first-order chi connectivity index (χ1) is 28.3. The zero-order chi connectivity index (χ0) is 37.2. The van der Waals surface area contributed by atoms with Crippen molar-refractivity contribution in [1.29, 1.82) is 0 Å². The van der Waals surface area contributed by atoms with Crippen LogP contribution in [0.15, 0.2) is 200 Å². The van der Waals surface area contributed by atoms with Gasteiger partial charge in [-0.1, -0.05) is 152 Å². The molecule has 0 bridgehead atoms. The van der Waals surface area contributed by atoms with Crippen LogP contribution in [0.1, 0.15) is 40.3 Å². The third-order valence-electron chi connectivity index (χ3n) is 13.3. The maximum absolute atomic E-state index is 2.61. The molecule has 13 rings (SSSR count).